The fourth-order valence-corrected chi connectivity index (χ4v) is 3.00. The summed E-state index contributed by atoms with van der Waals surface area (Å²) in [6.07, 6.45) is -4.85. The van der Waals surface area contributed by atoms with E-state index < -0.39 is 43.2 Å². The smallest absolute Gasteiger partial charge is 0.416 e. The van der Waals surface area contributed by atoms with Crippen LogP contribution in [0, 0.1) is 10.1 Å². The van der Waals surface area contributed by atoms with Crippen molar-refractivity contribution < 1.29 is 36.0 Å². The average Bonchev–Trinajstić information content (AvgIpc) is 2.53. The summed E-state index contributed by atoms with van der Waals surface area (Å²) in [6.45, 7) is 1.37. The van der Waals surface area contributed by atoms with E-state index in [-0.39, 0.29) is 32.3 Å². The molecule has 0 saturated carbocycles. The van der Waals surface area contributed by atoms with E-state index in [1.807, 2.05) is 4.72 Å². The molecule has 26 heavy (non-hydrogen) atoms. The van der Waals surface area contributed by atoms with Crippen molar-refractivity contribution in [2.75, 3.05) is 26.2 Å². The Bertz CT molecular complexity index is 767. The van der Waals surface area contributed by atoms with Crippen molar-refractivity contribution in [3.63, 3.8) is 0 Å². The summed E-state index contributed by atoms with van der Waals surface area (Å²) in [5, 5.41) is 13.5. The number of hydrogen-bond acceptors (Lipinski definition) is 7. The zero-order valence-electron chi connectivity index (χ0n) is 13.5. The van der Waals surface area contributed by atoms with E-state index in [4.69, 9.17) is 0 Å². The highest BCUT2D eigenvalue weighted by Crippen LogP contribution is 2.34. The van der Waals surface area contributed by atoms with Crippen molar-refractivity contribution in [2.45, 2.75) is 18.0 Å². The molecule has 0 aliphatic heterocycles. The van der Waals surface area contributed by atoms with Crippen LogP contribution < -0.4 is 10.0 Å². The normalized spacial score (nSPS) is 12.0. The van der Waals surface area contributed by atoms with Gasteiger partial charge in [-0.1, -0.05) is 0 Å². The second-order valence-corrected chi connectivity index (χ2v) is 6.55. The maximum atomic E-state index is 12.6. The lowest BCUT2D eigenvalue weighted by molar-refractivity contribution is -0.388. The highest BCUT2D eigenvalue weighted by atomic mass is 32.2. The molecule has 0 atom stereocenters. The van der Waals surface area contributed by atoms with E-state index in [0.29, 0.717) is 12.1 Å². The van der Waals surface area contributed by atoms with Gasteiger partial charge in [-0.15, -0.1) is 0 Å². The summed E-state index contributed by atoms with van der Waals surface area (Å²) in [4.78, 5) is 19.9. The molecule has 1 aromatic rings. The topological polar surface area (TPSA) is 128 Å². The monoisotopic (exact) mass is 399 g/mol. The second-order valence-electron chi connectivity index (χ2n) is 4.82. The van der Waals surface area contributed by atoms with Crippen molar-refractivity contribution >= 4 is 21.7 Å². The Hall–Kier alpha value is -2.25. The number of sulfonamides is 1. The Morgan fingerprint density at radius 3 is 2.50 bits per heavy atom. The van der Waals surface area contributed by atoms with Crippen molar-refractivity contribution in [3.05, 3.63) is 33.9 Å². The van der Waals surface area contributed by atoms with Crippen LogP contribution in [0.5, 0.6) is 0 Å². The SMILES string of the molecule is CCOC(=O)CNCCNS(=O)(=O)c1ccc(C(F)(F)F)cc1[N+](=O)[O-]. The molecule has 1 rings (SSSR count). The molecule has 0 spiro atoms. The van der Waals surface area contributed by atoms with Crippen LogP contribution in [0.25, 0.3) is 0 Å². The number of nitro benzene ring substituents is 1. The number of hydrogen-bond donors (Lipinski definition) is 2. The lowest BCUT2D eigenvalue weighted by Crippen LogP contribution is -2.34. The number of alkyl halides is 3. The predicted molar refractivity (Wildman–Crippen MR) is 82.8 cm³/mol. The van der Waals surface area contributed by atoms with Gasteiger partial charge in [0.15, 0.2) is 4.90 Å². The largest absolute Gasteiger partial charge is 0.465 e. The Labute approximate surface area is 146 Å². The molecule has 146 valence electrons. The Balaban J connectivity index is 2.82. The number of nitrogens with one attached hydrogen (secondary N) is 2. The molecule has 0 heterocycles. The number of nitro groups is 1. The van der Waals surface area contributed by atoms with Crippen LogP contribution in [-0.4, -0.2) is 45.6 Å². The van der Waals surface area contributed by atoms with Gasteiger partial charge in [-0.2, -0.15) is 13.2 Å². The molecule has 0 bridgehead atoms. The van der Waals surface area contributed by atoms with Gasteiger partial charge in [0.25, 0.3) is 5.69 Å². The number of benzene rings is 1. The molecule has 2 N–H and O–H groups in total. The highest BCUT2D eigenvalue weighted by Gasteiger charge is 2.35. The van der Waals surface area contributed by atoms with E-state index >= 15 is 0 Å². The van der Waals surface area contributed by atoms with Crippen LogP contribution in [0.2, 0.25) is 0 Å². The minimum atomic E-state index is -4.85. The molecule has 0 unspecified atom stereocenters. The average molecular weight is 399 g/mol. The van der Waals surface area contributed by atoms with Gasteiger partial charge in [-0.25, -0.2) is 13.1 Å². The summed E-state index contributed by atoms with van der Waals surface area (Å²) in [7, 11) is -4.42. The first-order valence-corrected chi connectivity index (χ1v) is 8.69. The van der Waals surface area contributed by atoms with E-state index in [1.54, 1.807) is 6.92 Å². The zero-order valence-corrected chi connectivity index (χ0v) is 14.3. The van der Waals surface area contributed by atoms with Crippen molar-refractivity contribution in [2.24, 2.45) is 0 Å². The van der Waals surface area contributed by atoms with Gasteiger partial charge in [0.05, 0.1) is 23.6 Å². The zero-order chi connectivity index (χ0) is 20.0. The lowest BCUT2D eigenvalue weighted by atomic mass is 10.2. The van der Waals surface area contributed by atoms with E-state index in [0.717, 1.165) is 0 Å². The van der Waals surface area contributed by atoms with Crippen LogP contribution in [0.15, 0.2) is 23.1 Å². The Kier molecular flexibility index (Phi) is 7.47. The third-order valence-corrected chi connectivity index (χ3v) is 4.45. The van der Waals surface area contributed by atoms with E-state index in [2.05, 4.69) is 10.1 Å². The molecule has 0 aliphatic rings. The number of halogens is 3. The van der Waals surface area contributed by atoms with Crippen molar-refractivity contribution in [1.82, 2.24) is 10.0 Å². The summed E-state index contributed by atoms with van der Waals surface area (Å²) >= 11 is 0. The second kappa shape index (κ2) is 8.91. The van der Waals surface area contributed by atoms with E-state index in [9.17, 15) is 36.5 Å². The van der Waals surface area contributed by atoms with Crippen LogP contribution in [0.3, 0.4) is 0 Å². The van der Waals surface area contributed by atoms with Gasteiger partial charge in [-0.3, -0.25) is 14.9 Å². The molecular formula is C13H16F3N3O6S. The molecule has 0 amide bonds. The molecule has 0 radical (unpaired) electrons. The molecule has 0 saturated heterocycles. The van der Waals surface area contributed by atoms with Gasteiger partial charge in [0.2, 0.25) is 10.0 Å². The number of carbonyl (C=O) groups is 1. The first kappa shape index (κ1) is 21.8. The highest BCUT2D eigenvalue weighted by molar-refractivity contribution is 7.89. The van der Waals surface area contributed by atoms with Gasteiger partial charge in [-0.05, 0) is 19.1 Å². The standard InChI is InChI=1S/C13H16F3N3O6S/c1-2-25-12(20)8-17-5-6-18-26(23,24)11-4-3-9(13(14,15)16)7-10(11)19(21)22/h3-4,7,17-18H,2,5-6,8H2,1H3. The number of esters is 1. The number of nitrogens with zero attached hydrogens (tertiary/aromatic N) is 1. The quantitative estimate of drug-likeness (QED) is 0.275. The van der Waals surface area contributed by atoms with Gasteiger partial charge in [0.1, 0.15) is 0 Å². The van der Waals surface area contributed by atoms with Gasteiger partial charge < -0.3 is 10.1 Å². The number of ether oxygens (including phenoxy) is 1. The van der Waals surface area contributed by atoms with Gasteiger partial charge >= 0.3 is 12.1 Å². The molecule has 0 aromatic heterocycles. The summed E-state index contributed by atoms with van der Waals surface area (Å²) in [6, 6.07) is 1.13. The third-order valence-electron chi connectivity index (χ3n) is 2.94. The fraction of sp³-hybridized carbons (Fsp3) is 0.462. The maximum Gasteiger partial charge on any atom is 0.416 e. The predicted octanol–water partition coefficient (Wildman–Crippen LogP) is 1.04. The minimum Gasteiger partial charge on any atom is -0.465 e. The molecule has 0 aliphatic carbocycles. The van der Waals surface area contributed by atoms with Crippen LogP contribution in [-0.2, 0) is 25.7 Å². The minimum absolute atomic E-state index is 0.00746. The summed E-state index contributed by atoms with van der Waals surface area (Å²) < 4.78 is 68.7. The van der Waals surface area contributed by atoms with Crippen molar-refractivity contribution in [1.29, 1.82) is 0 Å². The molecule has 0 fully saturated rings. The lowest BCUT2D eigenvalue weighted by Gasteiger charge is -2.10. The third kappa shape index (κ3) is 6.24. The Morgan fingerprint density at radius 1 is 1.31 bits per heavy atom. The number of rotatable bonds is 9. The summed E-state index contributed by atoms with van der Waals surface area (Å²) in [5.74, 6) is -0.547. The number of carbonyl (C=O) groups excluding carboxylic acids is 1. The first-order chi connectivity index (χ1) is 12.0. The molecule has 13 heteroatoms. The van der Waals surface area contributed by atoms with Crippen LogP contribution in [0.1, 0.15) is 12.5 Å². The maximum absolute atomic E-state index is 12.6. The Morgan fingerprint density at radius 2 is 1.96 bits per heavy atom. The van der Waals surface area contributed by atoms with Crippen LogP contribution >= 0.6 is 0 Å². The summed E-state index contributed by atoms with van der Waals surface area (Å²) in [5.41, 5.74) is -2.52. The molecular weight excluding hydrogens is 383 g/mol. The van der Waals surface area contributed by atoms with Crippen molar-refractivity contribution in [3.8, 4) is 0 Å². The molecule has 9 nitrogen and oxygen atoms in total. The van der Waals surface area contributed by atoms with Gasteiger partial charge in [0, 0.05) is 19.2 Å². The first-order valence-electron chi connectivity index (χ1n) is 7.20. The molecule has 1 aromatic carbocycles. The van der Waals surface area contributed by atoms with E-state index in [1.165, 1.54) is 0 Å². The van der Waals surface area contributed by atoms with Crippen LogP contribution in [0.4, 0.5) is 18.9 Å². The fourth-order valence-electron chi connectivity index (χ4n) is 1.82.